The van der Waals surface area contributed by atoms with Gasteiger partial charge in [-0.3, -0.25) is 4.90 Å². The van der Waals surface area contributed by atoms with Crippen LogP contribution in [0.2, 0.25) is 5.02 Å². The van der Waals surface area contributed by atoms with Crippen molar-refractivity contribution in [2.24, 2.45) is 0 Å². The van der Waals surface area contributed by atoms with Crippen molar-refractivity contribution < 1.29 is 0 Å². The zero-order valence-corrected chi connectivity index (χ0v) is 9.96. The number of halogens is 1. The fourth-order valence-electron chi connectivity index (χ4n) is 1.42. The molecule has 1 rings (SSSR count). The number of hydrogen-bond donors (Lipinski definition) is 0. The number of hydrogen-bond acceptors (Lipinski definition) is 1. The molecule has 0 saturated carbocycles. The first-order valence-electron chi connectivity index (χ1n) is 5.01. The minimum Gasteiger partial charge on any atom is -0.292 e. The van der Waals surface area contributed by atoms with Gasteiger partial charge in [0.15, 0.2) is 0 Å². The summed E-state index contributed by atoms with van der Waals surface area (Å²) < 4.78 is 0. The second kappa shape index (κ2) is 5.80. The largest absolute Gasteiger partial charge is 0.292 e. The number of terminal acetylenes is 1. The molecule has 0 aliphatic carbocycles. The highest BCUT2D eigenvalue weighted by Crippen LogP contribution is 2.12. The lowest BCUT2D eigenvalue weighted by Crippen LogP contribution is -2.31. The molecule has 0 radical (unpaired) electrons. The molecule has 1 aromatic carbocycles. The maximum Gasteiger partial charge on any atom is 0.0598 e. The van der Waals surface area contributed by atoms with Crippen molar-refractivity contribution >= 4 is 11.6 Å². The van der Waals surface area contributed by atoms with Gasteiger partial charge in [0.05, 0.1) is 6.54 Å². The summed E-state index contributed by atoms with van der Waals surface area (Å²) in [6, 6.07) is 8.41. The van der Waals surface area contributed by atoms with E-state index in [1.807, 2.05) is 19.2 Å². The van der Waals surface area contributed by atoms with Gasteiger partial charge in [-0.1, -0.05) is 29.7 Å². The normalized spacial score (nSPS) is 12.5. The van der Waals surface area contributed by atoms with Crippen LogP contribution in [0.15, 0.2) is 24.3 Å². The molecule has 1 atom stereocenters. The monoisotopic (exact) mass is 221 g/mol. The lowest BCUT2D eigenvalue weighted by Gasteiger charge is -2.22. The average Bonchev–Trinajstić information content (AvgIpc) is 2.22. The summed E-state index contributed by atoms with van der Waals surface area (Å²) in [5.74, 6) is 2.65. The molecule has 0 bridgehead atoms. The molecule has 0 aromatic heterocycles. The van der Waals surface area contributed by atoms with Gasteiger partial charge < -0.3 is 0 Å². The van der Waals surface area contributed by atoms with Crippen LogP contribution < -0.4 is 0 Å². The zero-order valence-electron chi connectivity index (χ0n) is 9.20. The predicted octanol–water partition coefficient (Wildman–Crippen LogP) is 2.84. The quantitative estimate of drug-likeness (QED) is 0.707. The van der Waals surface area contributed by atoms with E-state index in [2.05, 4.69) is 29.9 Å². The maximum atomic E-state index is 5.82. The molecule has 0 spiro atoms. The van der Waals surface area contributed by atoms with Crippen molar-refractivity contribution in [1.29, 1.82) is 0 Å². The van der Waals surface area contributed by atoms with Gasteiger partial charge in [0, 0.05) is 11.1 Å². The van der Waals surface area contributed by atoms with Crippen LogP contribution in [0.5, 0.6) is 0 Å². The summed E-state index contributed by atoms with van der Waals surface area (Å²) in [7, 11) is 2.04. The SMILES string of the molecule is C#CCN(C)[C@@H](C)Cc1ccc(Cl)cc1. The maximum absolute atomic E-state index is 5.82. The third kappa shape index (κ3) is 3.95. The van der Waals surface area contributed by atoms with Gasteiger partial charge in [-0.2, -0.15) is 0 Å². The van der Waals surface area contributed by atoms with Crippen molar-refractivity contribution in [2.45, 2.75) is 19.4 Å². The van der Waals surface area contributed by atoms with E-state index in [9.17, 15) is 0 Å². The summed E-state index contributed by atoms with van der Waals surface area (Å²) in [5.41, 5.74) is 1.29. The molecule has 2 heteroatoms. The Labute approximate surface area is 97.0 Å². The smallest absolute Gasteiger partial charge is 0.0598 e. The van der Waals surface area contributed by atoms with Crippen LogP contribution in [0, 0.1) is 12.3 Å². The Morgan fingerprint density at radius 2 is 2.00 bits per heavy atom. The van der Waals surface area contributed by atoms with E-state index in [-0.39, 0.29) is 0 Å². The molecule has 0 fully saturated rings. The Bertz CT molecular complexity index is 337. The molecule has 80 valence electrons. The molecule has 0 aliphatic heterocycles. The molecule has 0 amide bonds. The molecule has 0 N–H and O–H groups in total. The van der Waals surface area contributed by atoms with Crippen LogP contribution in [0.3, 0.4) is 0 Å². The topological polar surface area (TPSA) is 3.24 Å². The molecule has 1 aromatic rings. The van der Waals surface area contributed by atoms with Crippen LogP contribution in [0.25, 0.3) is 0 Å². The fourth-order valence-corrected chi connectivity index (χ4v) is 1.54. The van der Waals surface area contributed by atoms with E-state index in [1.165, 1.54) is 5.56 Å². The number of nitrogens with zero attached hydrogens (tertiary/aromatic N) is 1. The van der Waals surface area contributed by atoms with Crippen LogP contribution in [-0.2, 0) is 6.42 Å². The lowest BCUT2D eigenvalue weighted by molar-refractivity contribution is 0.287. The number of likely N-dealkylation sites (N-methyl/N-ethyl adjacent to an activating group) is 1. The van der Waals surface area contributed by atoms with E-state index in [0.29, 0.717) is 12.6 Å². The highest BCUT2D eigenvalue weighted by atomic mass is 35.5. The van der Waals surface area contributed by atoms with Gasteiger partial charge in [-0.15, -0.1) is 6.42 Å². The van der Waals surface area contributed by atoms with Crippen molar-refractivity contribution in [1.82, 2.24) is 4.90 Å². The zero-order chi connectivity index (χ0) is 11.3. The van der Waals surface area contributed by atoms with Gasteiger partial charge >= 0.3 is 0 Å². The summed E-state index contributed by atoms with van der Waals surface area (Å²) in [6.07, 6.45) is 6.27. The van der Waals surface area contributed by atoms with Crippen LogP contribution in [-0.4, -0.2) is 24.5 Å². The van der Waals surface area contributed by atoms with Crippen LogP contribution in [0.4, 0.5) is 0 Å². The van der Waals surface area contributed by atoms with Crippen molar-refractivity contribution in [2.75, 3.05) is 13.6 Å². The average molecular weight is 222 g/mol. The predicted molar refractivity (Wildman–Crippen MR) is 66.1 cm³/mol. The fraction of sp³-hybridized carbons (Fsp3) is 0.385. The molecular weight excluding hydrogens is 206 g/mol. The highest BCUT2D eigenvalue weighted by Gasteiger charge is 2.08. The van der Waals surface area contributed by atoms with Crippen molar-refractivity contribution in [3.05, 3.63) is 34.9 Å². The second-order valence-corrected chi connectivity index (χ2v) is 4.24. The first kappa shape index (κ1) is 12.1. The third-order valence-corrected chi connectivity index (χ3v) is 2.79. The lowest BCUT2D eigenvalue weighted by atomic mass is 10.1. The van der Waals surface area contributed by atoms with Gasteiger partial charge in [0.2, 0.25) is 0 Å². The van der Waals surface area contributed by atoms with E-state index < -0.39 is 0 Å². The Morgan fingerprint density at radius 1 is 1.40 bits per heavy atom. The molecular formula is C13H16ClN. The van der Waals surface area contributed by atoms with Crippen LogP contribution >= 0.6 is 11.6 Å². The second-order valence-electron chi connectivity index (χ2n) is 3.80. The third-order valence-electron chi connectivity index (χ3n) is 2.54. The molecule has 0 saturated heterocycles. The van der Waals surface area contributed by atoms with Crippen molar-refractivity contribution in [3.8, 4) is 12.3 Å². The van der Waals surface area contributed by atoms with E-state index in [0.717, 1.165) is 11.4 Å². The number of rotatable bonds is 4. The number of benzene rings is 1. The van der Waals surface area contributed by atoms with Gasteiger partial charge in [0.1, 0.15) is 0 Å². The van der Waals surface area contributed by atoms with E-state index >= 15 is 0 Å². The molecule has 0 heterocycles. The summed E-state index contributed by atoms with van der Waals surface area (Å²) in [4.78, 5) is 2.16. The standard InChI is InChI=1S/C13H16ClN/c1-4-9-15(3)11(2)10-12-5-7-13(14)8-6-12/h1,5-8,11H,9-10H2,2-3H3/t11-/m0/s1. The van der Waals surface area contributed by atoms with Crippen LogP contribution in [0.1, 0.15) is 12.5 Å². The van der Waals surface area contributed by atoms with Gasteiger partial charge in [-0.25, -0.2) is 0 Å². The summed E-state index contributed by atoms with van der Waals surface area (Å²) >= 11 is 5.82. The Morgan fingerprint density at radius 3 is 2.53 bits per heavy atom. The Hall–Kier alpha value is -0.970. The molecule has 0 unspecified atom stereocenters. The van der Waals surface area contributed by atoms with Gasteiger partial charge in [-0.05, 0) is 38.1 Å². The van der Waals surface area contributed by atoms with Crippen molar-refractivity contribution in [3.63, 3.8) is 0 Å². The molecule has 0 aliphatic rings. The minimum absolute atomic E-state index is 0.447. The highest BCUT2D eigenvalue weighted by molar-refractivity contribution is 6.30. The summed E-state index contributed by atoms with van der Waals surface area (Å²) in [5, 5.41) is 0.781. The van der Waals surface area contributed by atoms with E-state index in [4.69, 9.17) is 18.0 Å². The Balaban J connectivity index is 2.55. The summed E-state index contributed by atoms with van der Waals surface area (Å²) in [6.45, 7) is 2.86. The first-order chi connectivity index (χ1) is 7.13. The Kier molecular flexibility index (Phi) is 4.68. The first-order valence-corrected chi connectivity index (χ1v) is 5.39. The molecule has 1 nitrogen and oxygen atoms in total. The minimum atomic E-state index is 0.447. The van der Waals surface area contributed by atoms with Gasteiger partial charge in [0.25, 0.3) is 0 Å². The van der Waals surface area contributed by atoms with E-state index in [1.54, 1.807) is 0 Å². The molecule has 15 heavy (non-hydrogen) atoms.